The molecule has 1 aliphatic heterocycles. The Morgan fingerprint density at radius 2 is 2.29 bits per heavy atom. The molecule has 6 nitrogen and oxygen atoms in total. The molecule has 1 saturated heterocycles. The van der Waals surface area contributed by atoms with Crippen molar-refractivity contribution in [1.29, 1.82) is 0 Å². The lowest BCUT2D eigenvalue weighted by Gasteiger charge is -2.28. The largest absolute Gasteiger partial charge is 0.391 e. The molecule has 0 bridgehead atoms. The predicted octanol–water partition coefficient (Wildman–Crippen LogP) is 0.817. The fourth-order valence-electron chi connectivity index (χ4n) is 2.38. The zero-order valence-corrected chi connectivity index (χ0v) is 10.9. The van der Waals surface area contributed by atoms with Gasteiger partial charge in [-0.2, -0.15) is 5.10 Å². The zero-order valence-electron chi connectivity index (χ0n) is 10.9. The highest BCUT2D eigenvalue weighted by Crippen LogP contribution is 2.36. The quantitative estimate of drug-likeness (QED) is 0.904. The van der Waals surface area contributed by atoms with E-state index in [0.717, 1.165) is 12.1 Å². The van der Waals surface area contributed by atoms with E-state index < -0.39 is 23.5 Å². The van der Waals surface area contributed by atoms with Crippen LogP contribution in [0, 0.1) is 11.6 Å². The molecule has 2 aromatic rings. The van der Waals surface area contributed by atoms with Gasteiger partial charge in [-0.25, -0.2) is 18.4 Å². The first-order valence-corrected chi connectivity index (χ1v) is 6.31. The standard InChI is InChI=1S/C13H13F2N3O3/c14-9-1-2-10(11(15)3-9)13(5-18-8-16-7-17-18)6-20-12(4-19)21-13/h1-3,7-8,12,19H,4-6H2. The Morgan fingerprint density at radius 3 is 2.90 bits per heavy atom. The molecule has 0 aliphatic carbocycles. The fraction of sp³-hybridized carbons (Fsp3) is 0.385. The van der Waals surface area contributed by atoms with E-state index in [2.05, 4.69) is 10.1 Å². The lowest BCUT2D eigenvalue weighted by Crippen LogP contribution is -2.36. The van der Waals surface area contributed by atoms with Crippen LogP contribution in [-0.4, -0.2) is 39.4 Å². The van der Waals surface area contributed by atoms with Gasteiger partial charge in [0.1, 0.15) is 29.9 Å². The van der Waals surface area contributed by atoms with Gasteiger partial charge in [-0.3, -0.25) is 0 Å². The van der Waals surface area contributed by atoms with Gasteiger partial charge in [0.25, 0.3) is 0 Å². The third-order valence-electron chi connectivity index (χ3n) is 3.31. The summed E-state index contributed by atoms with van der Waals surface area (Å²) in [5.41, 5.74) is -1.05. The Hall–Kier alpha value is -1.90. The number of hydrogen-bond donors (Lipinski definition) is 1. The smallest absolute Gasteiger partial charge is 0.182 e. The lowest BCUT2D eigenvalue weighted by atomic mass is 9.94. The van der Waals surface area contributed by atoms with Gasteiger partial charge in [-0.05, 0) is 6.07 Å². The van der Waals surface area contributed by atoms with Gasteiger partial charge in [0, 0.05) is 11.6 Å². The Morgan fingerprint density at radius 1 is 1.43 bits per heavy atom. The molecule has 2 atom stereocenters. The molecule has 0 saturated carbocycles. The number of aromatic nitrogens is 3. The average Bonchev–Trinajstić information content (AvgIpc) is 3.09. The van der Waals surface area contributed by atoms with Crippen LogP contribution in [0.1, 0.15) is 5.56 Å². The molecule has 0 radical (unpaired) electrons. The van der Waals surface area contributed by atoms with Crippen molar-refractivity contribution < 1.29 is 23.4 Å². The number of rotatable bonds is 4. The van der Waals surface area contributed by atoms with Crippen LogP contribution in [-0.2, 0) is 21.6 Å². The van der Waals surface area contributed by atoms with Crippen LogP contribution in [0.2, 0.25) is 0 Å². The molecule has 1 aromatic carbocycles. The van der Waals surface area contributed by atoms with Gasteiger partial charge < -0.3 is 14.6 Å². The van der Waals surface area contributed by atoms with Crippen molar-refractivity contribution in [1.82, 2.24) is 14.8 Å². The molecule has 112 valence electrons. The molecule has 0 amide bonds. The van der Waals surface area contributed by atoms with Gasteiger partial charge in [0.15, 0.2) is 6.29 Å². The van der Waals surface area contributed by atoms with Crippen molar-refractivity contribution in [3.63, 3.8) is 0 Å². The lowest BCUT2D eigenvalue weighted by molar-refractivity contribution is -0.121. The molecular weight excluding hydrogens is 284 g/mol. The molecule has 21 heavy (non-hydrogen) atoms. The molecule has 0 spiro atoms. The minimum absolute atomic E-state index is 0.0145. The maximum Gasteiger partial charge on any atom is 0.182 e. The van der Waals surface area contributed by atoms with Crippen molar-refractivity contribution >= 4 is 0 Å². The minimum atomic E-state index is -1.20. The third-order valence-corrected chi connectivity index (χ3v) is 3.31. The van der Waals surface area contributed by atoms with Crippen LogP contribution >= 0.6 is 0 Å². The monoisotopic (exact) mass is 297 g/mol. The summed E-state index contributed by atoms with van der Waals surface area (Å²) in [5.74, 6) is -1.41. The summed E-state index contributed by atoms with van der Waals surface area (Å²) < 4.78 is 39.7. The summed E-state index contributed by atoms with van der Waals surface area (Å²) in [5, 5.41) is 13.1. The molecule has 1 N–H and O–H groups in total. The van der Waals surface area contributed by atoms with Crippen LogP contribution < -0.4 is 0 Å². The van der Waals surface area contributed by atoms with E-state index in [4.69, 9.17) is 14.6 Å². The molecular formula is C13H13F2N3O3. The SMILES string of the molecule is OCC1OCC(Cn2cncn2)(c2ccc(F)cc2F)O1. The second-order valence-electron chi connectivity index (χ2n) is 4.75. The molecule has 8 heteroatoms. The summed E-state index contributed by atoms with van der Waals surface area (Å²) in [6, 6.07) is 3.25. The van der Waals surface area contributed by atoms with Crippen LogP contribution in [0.3, 0.4) is 0 Å². The van der Waals surface area contributed by atoms with E-state index in [1.54, 1.807) is 0 Å². The number of ether oxygens (including phenoxy) is 2. The number of benzene rings is 1. The number of aliphatic hydroxyl groups is 1. The second-order valence-corrected chi connectivity index (χ2v) is 4.75. The van der Waals surface area contributed by atoms with E-state index in [0.29, 0.717) is 0 Å². The van der Waals surface area contributed by atoms with E-state index in [9.17, 15) is 8.78 Å². The van der Waals surface area contributed by atoms with Crippen LogP contribution in [0.25, 0.3) is 0 Å². The van der Waals surface area contributed by atoms with E-state index in [1.165, 1.54) is 23.4 Å². The number of nitrogens with zero attached hydrogens (tertiary/aromatic N) is 3. The predicted molar refractivity (Wildman–Crippen MR) is 66.0 cm³/mol. The van der Waals surface area contributed by atoms with Crippen molar-refractivity contribution in [2.75, 3.05) is 13.2 Å². The molecule has 2 heterocycles. The van der Waals surface area contributed by atoms with Crippen molar-refractivity contribution in [2.45, 2.75) is 18.4 Å². The molecule has 3 rings (SSSR count). The Balaban J connectivity index is 1.99. The van der Waals surface area contributed by atoms with Crippen molar-refractivity contribution in [3.05, 3.63) is 48.1 Å². The Bertz CT molecular complexity index is 623. The highest BCUT2D eigenvalue weighted by atomic mass is 19.1. The van der Waals surface area contributed by atoms with Gasteiger partial charge in [-0.15, -0.1) is 0 Å². The number of aliphatic hydroxyl groups excluding tert-OH is 1. The fourth-order valence-corrected chi connectivity index (χ4v) is 2.38. The zero-order chi connectivity index (χ0) is 14.9. The molecule has 2 unspecified atom stereocenters. The maximum atomic E-state index is 14.1. The van der Waals surface area contributed by atoms with Crippen LogP contribution in [0.5, 0.6) is 0 Å². The highest BCUT2D eigenvalue weighted by molar-refractivity contribution is 5.26. The summed E-state index contributed by atoms with van der Waals surface area (Å²) in [6.45, 7) is -0.214. The normalized spacial score (nSPS) is 25.4. The first kappa shape index (κ1) is 14.1. The molecule has 1 aromatic heterocycles. The van der Waals surface area contributed by atoms with Crippen LogP contribution in [0.15, 0.2) is 30.9 Å². The molecule has 1 aliphatic rings. The summed E-state index contributed by atoms with van der Waals surface area (Å²) in [7, 11) is 0. The van der Waals surface area contributed by atoms with E-state index in [-0.39, 0.29) is 25.3 Å². The van der Waals surface area contributed by atoms with Gasteiger partial charge in [0.2, 0.25) is 0 Å². The van der Waals surface area contributed by atoms with Crippen molar-refractivity contribution in [3.8, 4) is 0 Å². The van der Waals surface area contributed by atoms with Crippen LogP contribution in [0.4, 0.5) is 8.78 Å². The first-order chi connectivity index (χ1) is 10.1. The Kier molecular flexibility index (Phi) is 3.66. The first-order valence-electron chi connectivity index (χ1n) is 6.31. The van der Waals surface area contributed by atoms with Gasteiger partial charge >= 0.3 is 0 Å². The minimum Gasteiger partial charge on any atom is -0.391 e. The van der Waals surface area contributed by atoms with Crippen molar-refractivity contribution in [2.24, 2.45) is 0 Å². The Labute approximate surface area is 118 Å². The molecule has 1 fully saturated rings. The second kappa shape index (κ2) is 5.47. The number of halogens is 2. The summed E-state index contributed by atoms with van der Waals surface area (Å²) in [6.07, 6.45) is 1.94. The maximum absolute atomic E-state index is 14.1. The average molecular weight is 297 g/mol. The topological polar surface area (TPSA) is 69.4 Å². The number of hydrogen-bond acceptors (Lipinski definition) is 5. The summed E-state index contributed by atoms with van der Waals surface area (Å²) >= 11 is 0. The highest BCUT2D eigenvalue weighted by Gasteiger charge is 2.45. The van der Waals surface area contributed by atoms with Gasteiger partial charge in [-0.1, -0.05) is 6.07 Å². The van der Waals surface area contributed by atoms with Gasteiger partial charge in [0.05, 0.1) is 19.8 Å². The van der Waals surface area contributed by atoms with E-state index in [1.807, 2.05) is 0 Å². The summed E-state index contributed by atoms with van der Waals surface area (Å²) in [4.78, 5) is 3.82. The van der Waals surface area contributed by atoms with E-state index >= 15 is 0 Å². The third kappa shape index (κ3) is 2.65.